The highest BCUT2D eigenvalue weighted by Gasteiger charge is 2.07. The minimum atomic E-state index is 0.512. The summed E-state index contributed by atoms with van der Waals surface area (Å²) in [7, 11) is 2.04. The van der Waals surface area contributed by atoms with E-state index in [1.807, 2.05) is 37.4 Å². The fourth-order valence-corrected chi connectivity index (χ4v) is 2.05. The maximum Gasteiger partial charge on any atom is 0.118 e. The molecule has 0 aliphatic rings. The molecule has 1 aromatic carbocycles. The Labute approximate surface area is 112 Å². The van der Waals surface area contributed by atoms with Crippen molar-refractivity contribution in [2.24, 2.45) is 5.73 Å². The van der Waals surface area contributed by atoms with Gasteiger partial charge in [-0.2, -0.15) is 0 Å². The lowest BCUT2D eigenvalue weighted by Gasteiger charge is -2.15. The number of hydrogen-bond donors (Lipinski definition) is 1. The van der Waals surface area contributed by atoms with Gasteiger partial charge in [0, 0.05) is 23.7 Å². The molecule has 1 heterocycles. The molecule has 2 N–H and O–H groups in total. The van der Waals surface area contributed by atoms with Crippen LogP contribution in [0.5, 0.6) is 0 Å². The molecule has 0 radical (unpaired) electrons. The highest BCUT2D eigenvalue weighted by molar-refractivity contribution is 6.31. The Morgan fingerprint density at radius 2 is 2.06 bits per heavy atom. The lowest BCUT2D eigenvalue weighted by Crippen LogP contribution is -2.17. The fourth-order valence-electron chi connectivity index (χ4n) is 1.86. The van der Waals surface area contributed by atoms with Crippen LogP contribution in [0.25, 0.3) is 0 Å². The van der Waals surface area contributed by atoms with Crippen molar-refractivity contribution in [3.05, 3.63) is 58.5 Å². The smallest absolute Gasteiger partial charge is 0.118 e. The van der Waals surface area contributed by atoms with E-state index in [-0.39, 0.29) is 0 Å². The third-order valence-electron chi connectivity index (χ3n) is 2.77. The van der Waals surface area contributed by atoms with E-state index in [0.717, 1.165) is 35.0 Å². The second-order valence-electron chi connectivity index (χ2n) is 4.39. The van der Waals surface area contributed by atoms with Crippen LogP contribution in [0.15, 0.2) is 41.0 Å². The molecule has 2 aromatic rings. The summed E-state index contributed by atoms with van der Waals surface area (Å²) in [4.78, 5) is 2.15. The first-order valence-corrected chi connectivity index (χ1v) is 6.25. The summed E-state index contributed by atoms with van der Waals surface area (Å²) in [5, 5.41) is 0.798. The van der Waals surface area contributed by atoms with E-state index in [1.54, 1.807) is 6.26 Å². The Kier molecular flexibility index (Phi) is 4.42. The Hall–Kier alpha value is -1.29. The second-order valence-corrected chi connectivity index (χ2v) is 4.80. The number of hydrogen-bond acceptors (Lipinski definition) is 3. The lowest BCUT2D eigenvalue weighted by atomic mass is 10.2. The molecule has 0 spiro atoms. The van der Waals surface area contributed by atoms with Gasteiger partial charge >= 0.3 is 0 Å². The number of furan rings is 1. The summed E-state index contributed by atoms with van der Waals surface area (Å²) in [6, 6.07) is 9.86. The molecule has 0 saturated carbocycles. The monoisotopic (exact) mass is 264 g/mol. The fraction of sp³-hybridized carbons (Fsp3) is 0.286. The molecule has 4 heteroatoms. The van der Waals surface area contributed by atoms with Crippen LogP contribution in [0, 0.1) is 0 Å². The summed E-state index contributed by atoms with van der Waals surface area (Å²) in [6.07, 6.45) is 1.71. The largest absolute Gasteiger partial charge is 0.468 e. The van der Waals surface area contributed by atoms with Gasteiger partial charge in [-0.05, 0) is 24.7 Å². The van der Waals surface area contributed by atoms with Gasteiger partial charge in [-0.1, -0.05) is 29.8 Å². The zero-order valence-corrected chi connectivity index (χ0v) is 11.2. The van der Waals surface area contributed by atoms with Gasteiger partial charge in [0.1, 0.15) is 5.76 Å². The van der Waals surface area contributed by atoms with Gasteiger partial charge in [-0.25, -0.2) is 0 Å². The molecule has 0 aliphatic heterocycles. The topological polar surface area (TPSA) is 42.4 Å². The molecular formula is C14H17ClN2O. The molecule has 3 nitrogen and oxygen atoms in total. The zero-order chi connectivity index (χ0) is 13.0. The highest BCUT2D eigenvalue weighted by atomic mass is 35.5. The molecule has 0 amide bonds. The zero-order valence-electron chi connectivity index (χ0n) is 10.4. The van der Waals surface area contributed by atoms with Crippen LogP contribution < -0.4 is 5.73 Å². The average molecular weight is 265 g/mol. The van der Waals surface area contributed by atoms with Crippen molar-refractivity contribution in [3.63, 3.8) is 0 Å². The highest BCUT2D eigenvalue weighted by Crippen LogP contribution is 2.18. The van der Waals surface area contributed by atoms with Gasteiger partial charge in [0.2, 0.25) is 0 Å². The number of rotatable bonds is 5. The van der Waals surface area contributed by atoms with E-state index in [2.05, 4.69) is 4.90 Å². The van der Waals surface area contributed by atoms with E-state index in [1.165, 1.54) is 0 Å². The standard InChI is InChI=1S/C14H17ClN2O/c1-17(8-12-4-2-3-5-14(12)15)9-13-6-11(7-16)10-18-13/h2-6,10H,7-9,16H2,1H3. The normalized spacial score (nSPS) is 11.1. The van der Waals surface area contributed by atoms with E-state index in [9.17, 15) is 0 Å². The number of halogens is 1. The van der Waals surface area contributed by atoms with Crippen molar-refractivity contribution >= 4 is 11.6 Å². The SMILES string of the molecule is CN(Cc1cc(CN)co1)Cc1ccccc1Cl. The van der Waals surface area contributed by atoms with Crippen molar-refractivity contribution in [2.45, 2.75) is 19.6 Å². The molecule has 18 heavy (non-hydrogen) atoms. The molecule has 0 fully saturated rings. The van der Waals surface area contributed by atoms with Crippen LogP contribution in [0.2, 0.25) is 5.02 Å². The van der Waals surface area contributed by atoms with Gasteiger partial charge in [0.25, 0.3) is 0 Å². The predicted octanol–water partition coefficient (Wildman–Crippen LogP) is 3.02. The summed E-state index contributed by atoms with van der Waals surface area (Å²) in [5.41, 5.74) is 7.69. The van der Waals surface area contributed by atoms with Crippen LogP contribution in [0.3, 0.4) is 0 Å². The number of benzene rings is 1. The number of nitrogens with two attached hydrogens (primary N) is 1. The maximum atomic E-state index is 6.13. The van der Waals surface area contributed by atoms with Gasteiger partial charge in [-0.3, -0.25) is 4.90 Å². The van der Waals surface area contributed by atoms with E-state index in [0.29, 0.717) is 6.54 Å². The molecule has 0 saturated heterocycles. The average Bonchev–Trinajstić information content (AvgIpc) is 2.80. The van der Waals surface area contributed by atoms with Crippen LogP contribution >= 0.6 is 11.6 Å². The quantitative estimate of drug-likeness (QED) is 0.903. The van der Waals surface area contributed by atoms with Crippen LogP contribution in [0.1, 0.15) is 16.9 Å². The van der Waals surface area contributed by atoms with Crippen LogP contribution in [-0.2, 0) is 19.6 Å². The van der Waals surface area contributed by atoms with Crippen molar-refractivity contribution in [1.29, 1.82) is 0 Å². The molecule has 0 aliphatic carbocycles. The summed E-state index contributed by atoms with van der Waals surface area (Å²) in [5.74, 6) is 0.921. The van der Waals surface area contributed by atoms with Crippen molar-refractivity contribution in [3.8, 4) is 0 Å². The van der Waals surface area contributed by atoms with Crippen molar-refractivity contribution in [2.75, 3.05) is 7.05 Å². The molecular weight excluding hydrogens is 248 g/mol. The lowest BCUT2D eigenvalue weighted by molar-refractivity contribution is 0.288. The molecule has 0 atom stereocenters. The predicted molar refractivity (Wildman–Crippen MR) is 73.2 cm³/mol. The van der Waals surface area contributed by atoms with Crippen LogP contribution in [-0.4, -0.2) is 11.9 Å². The summed E-state index contributed by atoms with van der Waals surface area (Å²) < 4.78 is 5.44. The van der Waals surface area contributed by atoms with Crippen molar-refractivity contribution in [1.82, 2.24) is 4.90 Å². The third kappa shape index (κ3) is 3.35. The molecule has 1 aromatic heterocycles. The van der Waals surface area contributed by atoms with E-state index >= 15 is 0 Å². The number of nitrogens with zero attached hydrogens (tertiary/aromatic N) is 1. The Bertz CT molecular complexity index is 510. The summed E-state index contributed by atoms with van der Waals surface area (Å²) in [6.45, 7) is 2.04. The molecule has 2 rings (SSSR count). The van der Waals surface area contributed by atoms with Crippen LogP contribution in [0.4, 0.5) is 0 Å². The molecule has 0 unspecified atom stereocenters. The van der Waals surface area contributed by atoms with Gasteiger partial charge in [0.05, 0.1) is 12.8 Å². The first kappa shape index (κ1) is 13.1. The minimum Gasteiger partial charge on any atom is -0.468 e. The second kappa shape index (κ2) is 6.05. The molecule has 96 valence electrons. The van der Waals surface area contributed by atoms with Gasteiger partial charge in [-0.15, -0.1) is 0 Å². The summed E-state index contributed by atoms with van der Waals surface area (Å²) >= 11 is 6.13. The Morgan fingerprint density at radius 1 is 1.28 bits per heavy atom. The first-order chi connectivity index (χ1) is 8.69. The first-order valence-electron chi connectivity index (χ1n) is 5.87. The molecule has 0 bridgehead atoms. The van der Waals surface area contributed by atoms with Gasteiger partial charge < -0.3 is 10.2 Å². The third-order valence-corrected chi connectivity index (χ3v) is 3.14. The Morgan fingerprint density at radius 3 is 2.72 bits per heavy atom. The van der Waals surface area contributed by atoms with E-state index < -0.39 is 0 Å². The maximum absolute atomic E-state index is 6.13. The van der Waals surface area contributed by atoms with Gasteiger partial charge in [0.15, 0.2) is 0 Å². The Balaban J connectivity index is 1.96. The van der Waals surface area contributed by atoms with Crippen molar-refractivity contribution < 1.29 is 4.42 Å². The van der Waals surface area contributed by atoms with E-state index in [4.69, 9.17) is 21.8 Å². The minimum absolute atomic E-state index is 0.512.